The molecule has 2 amide bonds. The summed E-state index contributed by atoms with van der Waals surface area (Å²) in [5.74, 6) is 1.30. The highest BCUT2D eigenvalue weighted by molar-refractivity contribution is 7.08. The Labute approximate surface area is 156 Å². The van der Waals surface area contributed by atoms with E-state index in [-0.39, 0.29) is 24.2 Å². The quantitative estimate of drug-likeness (QED) is 0.820. The van der Waals surface area contributed by atoms with Crippen LogP contribution < -0.4 is 0 Å². The van der Waals surface area contributed by atoms with Crippen LogP contribution in [0.1, 0.15) is 53.7 Å². The standard InChI is InChI=1S/C18H22N4O3S/c23-16(21-6-1-2-7-21)11-15-19-20-17(25-15)13-3-8-22(9-4-13)18(24)14-5-10-26-12-14/h5,10,12-13H,1-4,6-9,11H2. The molecule has 2 aromatic heterocycles. The van der Waals surface area contributed by atoms with Crippen molar-refractivity contribution in [2.45, 2.75) is 38.0 Å². The predicted octanol–water partition coefficient (Wildman–Crippen LogP) is 2.32. The van der Waals surface area contributed by atoms with E-state index in [1.165, 1.54) is 11.3 Å². The lowest BCUT2D eigenvalue weighted by atomic mass is 9.96. The third kappa shape index (κ3) is 3.65. The van der Waals surface area contributed by atoms with Crippen molar-refractivity contribution in [2.24, 2.45) is 0 Å². The number of hydrogen-bond donors (Lipinski definition) is 0. The minimum Gasteiger partial charge on any atom is -0.424 e. The van der Waals surface area contributed by atoms with E-state index < -0.39 is 0 Å². The van der Waals surface area contributed by atoms with Crippen LogP contribution in [-0.2, 0) is 11.2 Å². The van der Waals surface area contributed by atoms with E-state index in [0.29, 0.717) is 24.9 Å². The summed E-state index contributed by atoms with van der Waals surface area (Å²) in [7, 11) is 0. The van der Waals surface area contributed by atoms with Crippen molar-refractivity contribution in [3.05, 3.63) is 34.2 Å². The van der Waals surface area contributed by atoms with Gasteiger partial charge in [-0.3, -0.25) is 9.59 Å². The second-order valence-electron chi connectivity index (χ2n) is 6.88. The molecule has 26 heavy (non-hydrogen) atoms. The highest BCUT2D eigenvalue weighted by Gasteiger charge is 2.28. The summed E-state index contributed by atoms with van der Waals surface area (Å²) in [6.07, 6.45) is 3.94. The van der Waals surface area contributed by atoms with Crippen LogP contribution in [0.15, 0.2) is 21.2 Å². The summed E-state index contributed by atoms with van der Waals surface area (Å²) in [6, 6.07) is 1.86. The number of carbonyl (C=O) groups is 2. The number of carbonyl (C=O) groups excluding carboxylic acids is 2. The van der Waals surface area contributed by atoms with Crippen LogP contribution in [0, 0.1) is 0 Å². The highest BCUT2D eigenvalue weighted by atomic mass is 32.1. The van der Waals surface area contributed by atoms with Crippen LogP contribution >= 0.6 is 11.3 Å². The molecule has 2 aliphatic heterocycles. The zero-order chi connectivity index (χ0) is 17.9. The van der Waals surface area contributed by atoms with Crippen molar-refractivity contribution >= 4 is 23.2 Å². The first-order valence-electron chi connectivity index (χ1n) is 9.12. The van der Waals surface area contributed by atoms with E-state index >= 15 is 0 Å². The van der Waals surface area contributed by atoms with Crippen molar-refractivity contribution in [2.75, 3.05) is 26.2 Å². The largest absolute Gasteiger partial charge is 0.424 e. The van der Waals surface area contributed by atoms with Gasteiger partial charge in [0.2, 0.25) is 17.7 Å². The maximum atomic E-state index is 12.4. The Morgan fingerprint density at radius 2 is 1.88 bits per heavy atom. The van der Waals surface area contributed by atoms with Crippen molar-refractivity contribution in [1.82, 2.24) is 20.0 Å². The van der Waals surface area contributed by atoms with Crippen LogP contribution in [0.3, 0.4) is 0 Å². The third-order valence-electron chi connectivity index (χ3n) is 5.14. The Kier molecular flexibility index (Phi) is 5.01. The first-order valence-corrected chi connectivity index (χ1v) is 10.1. The molecule has 0 atom stereocenters. The molecule has 0 bridgehead atoms. The van der Waals surface area contributed by atoms with Gasteiger partial charge >= 0.3 is 0 Å². The zero-order valence-electron chi connectivity index (χ0n) is 14.6. The predicted molar refractivity (Wildman–Crippen MR) is 96.0 cm³/mol. The van der Waals surface area contributed by atoms with Gasteiger partial charge < -0.3 is 14.2 Å². The number of rotatable bonds is 4. The zero-order valence-corrected chi connectivity index (χ0v) is 15.4. The van der Waals surface area contributed by atoms with E-state index in [2.05, 4.69) is 10.2 Å². The molecule has 2 fully saturated rings. The third-order valence-corrected chi connectivity index (χ3v) is 5.83. The van der Waals surface area contributed by atoms with E-state index in [0.717, 1.165) is 44.3 Å². The second kappa shape index (κ2) is 7.57. The Hall–Kier alpha value is -2.22. The van der Waals surface area contributed by atoms with Crippen LogP contribution in [0.25, 0.3) is 0 Å². The van der Waals surface area contributed by atoms with Crippen molar-refractivity contribution in [1.29, 1.82) is 0 Å². The molecular weight excluding hydrogens is 352 g/mol. The first-order chi connectivity index (χ1) is 12.7. The van der Waals surface area contributed by atoms with E-state index in [1.807, 2.05) is 26.6 Å². The monoisotopic (exact) mass is 374 g/mol. The lowest BCUT2D eigenvalue weighted by Gasteiger charge is -2.30. The summed E-state index contributed by atoms with van der Waals surface area (Å²) in [6.45, 7) is 3.03. The Morgan fingerprint density at radius 3 is 2.58 bits per heavy atom. The molecule has 8 heteroatoms. The van der Waals surface area contributed by atoms with Gasteiger partial charge in [-0.25, -0.2) is 0 Å². The lowest BCUT2D eigenvalue weighted by Crippen LogP contribution is -2.37. The number of likely N-dealkylation sites (tertiary alicyclic amines) is 2. The summed E-state index contributed by atoms with van der Waals surface area (Å²) < 4.78 is 5.75. The van der Waals surface area contributed by atoms with E-state index in [4.69, 9.17) is 4.42 Å². The molecule has 2 aliphatic rings. The van der Waals surface area contributed by atoms with Gasteiger partial charge in [-0.15, -0.1) is 10.2 Å². The average Bonchev–Trinajstić information content (AvgIpc) is 3.43. The Morgan fingerprint density at radius 1 is 1.12 bits per heavy atom. The summed E-state index contributed by atoms with van der Waals surface area (Å²) in [4.78, 5) is 28.3. The molecule has 138 valence electrons. The molecule has 0 saturated carbocycles. The summed E-state index contributed by atoms with van der Waals surface area (Å²) in [5.41, 5.74) is 0.758. The number of aromatic nitrogens is 2. The normalized spacial score (nSPS) is 18.5. The topological polar surface area (TPSA) is 79.5 Å². The molecule has 0 aromatic carbocycles. The van der Waals surface area contributed by atoms with Gasteiger partial charge in [-0.05, 0) is 37.1 Å². The number of amides is 2. The van der Waals surface area contributed by atoms with Crippen molar-refractivity contribution in [3.63, 3.8) is 0 Å². The van der Waals surface area contributed by atoms with Crippen molar-refractivity contribution < 1.29 is 14.0 Å². The number of nitrogens with zero attached hydrogens (tertiary/aromatic N) is 4. The molecule has 0 radical (unpaired) electrons. The first kappa shape index (κ1) is 17.2. The average molecular weight is 374 g/mol. The lowest BCUT2D eigenvalue weighted by molar-refractivity contribution is -0.129. The smallest absolute Gasteiger partial charge is 0.254 e. The molecule has 2 saturated heterocycles. The Balaban J connectivity index is 1.31. The maximum Gasteiger partial charge on any atom is 0.254 e. The fourth-order valence-electron chi connectivity index (χ4n) is 3.61. The van der Waals surface area contributed by atoms with Gasteiger partial charge in [0.15, 0.2) is 0 Å². The van der Waals surface area contributed by atoms with E-state index in [9.17, 15) is 9.59 Å². The van der Waals surface area contributed by atoms with E-state index in [1.54, 1.807) is 0 Å². The minimum absolute atomic E-state index is 0.0638. The molecule has 0 spiro atoms. The highest BCUT2D eigenvalue weighted by Crippen LogP contribution is 2.28. The van der Waals surface area contributed by atoms with Gasteiger partial charge in [-0.2, -0.15) is 11.3 Å². The maximum absolute atomic E-state index is 12.4. The van der Waals surface area contributed by atoms with Gasteiger partial charge in [0.1, 0.15) is 6.42 Å². The molecule has 0 unspecified atom stereocenters. The fraction of sp³-hybridized carbons (Fsp3) is 0.556. The number of hydrogen-bond acceptors (Lipinski definition) is 6. The summed E-state index contributed by atoms with van der Waals surface area (Å²) in [5, 5.41) is 12.0. The van der Waals surface area contributed by atoms with Crippen LogP contribution in [0.4, 0.5) is 0 Å². The molecule has 0 N–H and O–H groups in total. The molecule has 4 rings (SSSR count). The van der Waals surface area contributed by atoms with Crippen LogP contribution in [-0.4, -0.2) is 58.0 Å². The molecule has 7 nitrogen and oxygen atoms in total. The molecular formula is C18H22N4O3S. The van der Waals surface area contributed by atoms with Gasteiger partial charge in [0.05, 0.1) is 5.56 Å². The van der Waals surface area contributed by atoms with Crippen LogP contribution in [0.2, 0.25) is 0 Å². The number of piperidine rings is 1. The SMILES string of the molecule is O=C(Cc1nnc(C2CCN(C(=O)c3ccsc3)CC2)o1)N1CCCC1. The van der Waals surface area contributed by atoms with Crippen LogP contribution in [0.5, 0.6) is 0 Å². The van der Waals surface area contributed by atoms with Gasteiger partial charge in [0, 0.05) is 37.5 Å². The molecule has 2 aromatic rings. The summed E-state index contributed by atoms with van der Waals surface area (Å²) >= 11 is 1.53. The minimum atomic E-state index is 0.0638. The van der Waals surface area contributed by atoms with Crippen molar-refractivity contribution in [3.8, 4) is 0 Å². The van der Waals surface area contributed by atoms with Gasteiger partial charge in [-0.1, -0.05) is 0 Å². The molecule has 4 heterocycles. The number of thiophene rings is 1. The second-order valence-corrected chi connectivity index (χ2v) is 7.66. The Bertz CT molecular complexity index is 759. The fourth-order valence-corrected chi connectivity index (χ4v) is 4.24. The van der Waals surface area contributed by atoms with Gasteiger partial charge in [0.25, 0.3) is 5.91 Å². The molecule has 0 aliphatic carbocycles.